The lowest BCUT2D eigenvalue weighted by Crippen LogP contribution is -2.26. The van der Waals surface area contributed by atoms with Crippen LogP contribution in [0.15, 0.2) is 48.9 Å². The van der Waals surface area contributed by atoms with E-state index < -0.39 is 0 Å². The molecule has 5 heteroatoms. The third-order valence-electron chi connectivity index (χ3n) is 4.86. The van der Waals surface area contributed by atoms with Gasteiger partial charge in [-0.25, -0.2) is 9.97 Å². The van der Waals surface area contributed by atoms with Crippen molar-refractivity contribution in [1.82, 2.24) is 20.2 Å². The fourth-order valence-electron chi connectivity index (χ4n) is 3.56. The van der Waals surface area contributed by atoms with E-state index in [4.69, 9.17) is 5.73 Å². The molecular weight excluding hydrogens is 298 g/mol. The summed E-state index contributed by atoms with van der Waals surface area (Å²) in [6.07, 6.45) is 7.69. The van der Waals surface area contributed by atoms with Crippen LogP contribution in [0.1, 0.15) is 37.3 Å². The first-order chi connectivity index (χ1) is 11.8. The number of benzene rings is 1. The highest BCUT2D eigenvalue weighted by Gasteiger charge is 2.27. The monoisotopic (exact) mass is 319 g/mol. The first-order valence-corrected chi connectivity index (χ1v) is 8.48. The average Bonchev–Trinajstić information content (AvgIpc) is 3.09. The van der Waals surface area contributed by atoms with Gasteiger partial charge in [-0.3, -0.25) is 5.10 Å². The number of nitrogens with one attached hydrogen (secondary N) is 1. The molecule has 0 saturated heterocycles. The highest BCUT2D eigenvalue weighted by atomic mass is 15.1. The van der Waals surface area contributed by atoms with Gasteiger partial charge in [0.05, 0.1) is 5.69 Å². The van der Waals surface area contributed by atoms with Crippen LogP contribution in [0, 0.1) is 0 Å². The summed E-state index contributed by atoms with van der Waals surface area (Å²) in [7, 11) is 0. The standard InChI is InChI=1S/C19H21N5/c20-15-8-6-14(7-9-15)19-17(16-10-11-21-12-22-16)18(23-24-19)13-4-2-1-3-5-13/h1-5,10-12,14-15H,6-9,20H2,(H,23,24). The first-order valence-electron chi connectivity index (χ1n) is 8.48. The Morgan fingerprint density at radius 2 is 1.79 bits per heavy atom. The number of hydrogen-bond acceptors (Lipinski definition) is 4. The fraction of sp³-hybridized carbons (Fsp3) is 0.316. The van der Waals surface area contributed by atoms with E-state index in [-0.39, 0.29) is 0 Å². The minimum atomic E-state index is 0.334. The first kappa shape index (κ1) is 15.0. The van der Waals surface area contributed by atoms with Gasteiger partial charge < -0.3 is 5.73 Å². The molecule has 1 aromatic carbocycles. The van der Waals surface area contributed by atoms with E-state index >= 15 is 0 Å². The summed E-state index contributed by atoms with van der Waals surface area (Å²) in [5.41, 5.74) is 11.3. The number of nitrogens with two attached hydrogens (primary N) is 1. The molecule has 0 unspecified atom stereocenters. The molecule has 0 aliphatic heterocycles. The maximum absolute atomic E-state index is 6.07. The Morgan fingerprint density at radius 3 is 2.50 bits per heavy atom. The summed E-state index contributed by atoms with van der Waals surface area (Å²) >= 11 is 0. The maximum atomic E-state index is 6.07. The molecule has 0 radical (unpaired) electrons. The molecule has 0 amide bonds. The predicted octanol–water partition coefficient (Wildman–Crippen LogP) is 3.52. The number of aromatic amines is 1. The van der Waals surface area contributed by atoms with Crippen LogP contribution in [-0.4, -0.2) is 26.2 Å². The van der Waals surface area contributed by atoms with Gasteiger partial charge in [0, 0.05) is 35.0 Å². The van der Waals surface area contributed by atoms with Crippen LogP contribution < -0.4 is 5.73 Å². The highest BCUT2D eigenvalue weighted by molar-refractivity contribution is 5.81. The van der Waals surface area contributed by atoms with Crippen LogP contribution in [0.4, 0.5) is 0 Å². The second kappa shape index (κ2) is 6.53. The van der Waals surface area contributed by atoms with Gasteiger partial charge in [0.25, 0.3) is 0 Å². The number of rotatable bonds is 3. The molecule has 1 saturated carbocycles. The molecule has 24 heavy (non-hydrogen) atoms. The molecule has 2 heterocycles. The van der Waals surface area contributed by atoms with Crippen LogP contribution >= 0.6 is 0 Å². The smallest absolute Gasteiger partial charge is 0.116 e. The molecule has 2 aromatic heterocycles. The molecule has 3 N–H and O–H groups in total. The van der Waals surface area contributed by atoms with Crippen LogP contribution in [0.25, 0.3) is 22.5 Å². The molecule has 0 bridgehead atoms. The average molecular weight is 319 g/mol. The van der Waals surface area contributed by atoms with Crippen molar-refractivity contribution < 1.29 is 0 Å². The Kier molecular flexibility index (Phi) is 4.09. The number of nitrogens with zero attached hydrogens (tertiary/aromatic N) is 3. The van der Waals surface area contributed by atoms with Crippen molar-refractivity contribution in [1.29, 1.82) is 0 Å². The molecule has 1 aliphatic rings. The largest absolute Gasteiger partial charge is 0.328 e. The van der Waals surface area contributed by atoms with Gasteiger partial charge in [-0.1, -0.05) is 30.3 Å². The summed E-state index contributed by atoms with van der Waals surface area (Å²) in [6, 6.07) is 12.5. The molecule has 0 atom stereocenters. The van der Waals surface area contributed by atoms with Crippen LogP contribution in [0.3, 0.4) is 0 Å². The van der Waals surface area contributed by atoms with Crippen molar-refractivity contribution in [2.75, 3.05) is 0 Å². The molecule has 1 fully saturated rings. The summed E-state index contributed by atoms with van der Waals surface area (Å²) in [5, 5.41) is 7.94. The summed E-state index contributed by atoms with van der Waals surface area (Å²) in [5.74, 6) is 0.458. The van der Waals surface area contributed by atoms with Crippen LogP contribution in [0.5, 0.6) is 0 Å². The van der Waals surface area contributed by atoms with Crippen molar-refractivity contribution >= 4 is 0 Å². The molecule has 4 rings (SSSR count). The van der Waals surface area contributed by atoms with Crippen molar-refractivity contribution in [3.05, 3.63) is 54.6 Å². The zero-order valence-electron chi connectivity index (χ0n) is 13.5. The Hall–Kier alpha value is -2.53. The van der Waals surface area contributed by atoms with E-state index in [1.165, 1.54) is 5.69 Å². The van der Waals surface area contributed by atoms with Crippen molar-refractivity contribution in [3.63, 3.8) is 0 Å². The van der Waals surface area contributed by atoms with E-state index in [1.54, 1.807) is 12.5 Å². The molecular formula is C19H21N5. The number of H-pyrrole nitrogens is 1. The quantitative estimate of drug-likeness (QED) is 0.774. The highest BCUT2D eigenvalue weighted by Crippen LogP contribution is 2.40. The lowest BCUT2D eigenvalue weighted by atomic mass is 9.82. The van der Waals surface area contributed by atoms with E-state index in [9.17, 15) is 0 Å². The Bertz CT molecular complexity index is 789. The molecule has 1 aliphatic carbocycles. The number of hydrogen-bond donors (Lipinski definition) is 2. The molecule has 122 valence electrons. The van der Waals surface area contributed by atoms with Gasteiger partial charge in [0.1, 0.15) is 12.0 Å². The molecule has 0 spiro atoms. The van der Waals surface area contributed by atoms with E-state index in [1.807, 2.05) is 24.3 Å². The van der Waals surface area contributed by atoms with Gasteiger partial charge in [-0.05, 0) is 31.7 Å². The fourth-order valence-corrected chi connectivity index (χ4v) is 3.56. The minimum Gasteiger partial charge on any atom is -0.328 e. The zero-order chi connectivity index (χ0) is 16.4. The van der Waals surface area contributed by atoms with Gasteiger partial charge >= 0.3 is 0 Å². The normalized spacial score (nSPS) is 20.9. The van der Waals surface area contributed by atoms with E-state index in [2.05, 4.69) is 32.3 Å². The van der Waals surface area contributed by atoms with Crippen molar-refractivity contribution in [2.45, 2.75) is 37.6 Å². The summed E-state index contributed by atoms with van der Waals surface area (Å²) in [6.45, 7) is 0. The van der Waals surface area contributed by atoms with E-state index in [0.717, 1.165) is 48.2 Å². The second-order valence-electron chi connectivity index (χ2n) is 6.43. The second-order valence-corrected chi connectivity index (χ2v) is 6.43. The molecule has 3 aromatic rings. The van der Waals surface area contributed by atoms with Crippen molar-refractivity contribution in [3.8, 4) is 22.5 Å². The summed E-state index contributed by atoms with van der Waals surface area (Å²) in [4.78, 5) is 8.53. The Labute approximate surface area is 141 Å². The lowest BCUT2D eigenvalue weighted by molar-refractivity contribution is 0.391. The third-order valence-corrected chi connectivity index (χ3v) is 4.86. The predicted molar refractivity (Wildman–Crippen MR) is 94.2 cm³/mol. The van der Waals surface area contributed by atoms with Gasteiger partial charge in [-0.15, -0.1) is 0 Å². The lowest BCUT2D eigenvalue weighted by Gasteiger charge is -2.26. The summed E-state index contributed by atoms with van der Waals surface area (Å²) < 4.78 is 0. The van der Waals surface area contributed by atoms with Crippen LogP contribution in [-0.2, 0) is 0 Å². The van der Waals surface area contributed by atoms with Gasteiger partial charge in [0.15, 0.2) is 0 Å². The topological polar surface area (TPSA) is 80.5 Å². The maximum Gasteiger partial charge on any atom is 0.116 e. The SMILES string of the molecule is NC1CCC(c2[nH]nc(-c3ccccc3)c2-c2ccncn2)CC1. The zero-order valence-corrected chi connectivity index (χ0v) is 13.5. The van der Waals surface area contributed by atoms with Crippen LogP contribution in [0.2, 0.25) is 0 Å². The molecule has 5 nitrogen and oxygen atoms in total. The Morgan fingerprint density at radius 1 is 1.00 bits per heavy atom. The Balaban J connectivity index is 1.81. The van der Waals surface area contributed by atoms with Crippen molar-refractivity contribution in [2.24, 2.45) is 5.73 Å². The van der Waals surface area contributed by atoms with Gasteiger partial charge in [0.2, 0.25) is 0 Å². The van der Waals surface area contributed by atoms with E-state index in [0.29, 0.717) is 12.0 Å². The third kappa shape index (κ3) is 2.83. The minimum absolute atomic E-state index is 0.334. The van der Waals surface area contributed by atoms with Gasteiger partial charge in [-0.2, -0.15) is 5.10 Å². The number of aromatic nitrogens is 4.